The van der Waals surface area contributed by atoms with Gasteiger partial charge in [-0.1, -0.05) is 36.4 Å². The zero-order chi connectivity index (χ0) is 10.8. The molecule has 0 saturated heterocycles. The molecule has 0 aliphatic carbocycles. The molecule has 0 radical (unpaired) electrons. The van der Waals surface area contributed by atoms with E-state index in [1.165, 1.54) is 16.7 Å². The van der Waals surface area contributed by atoms with Gasteiger partial charge in [-0.25, -0.2) is 0 Å². The van der Waals surface area contributed by atoms with Crippen LogP contribution in [0.15, 0.2) is 42.5 Å². The van der Waals surface area contributed by atoms with Gasteiger partial charge in [0.25, 0.3) is 0 Å². The van der Waals surface area contributed by atoms with E-state index in [0.29, 0.717) is 0 Å². The number of benzene rings is 2. The molecule has 0 bridgehead atoms. The maximum Gasteiger partial charge on any atom is 0.0349 e. The maximum absolute atomic E-state index is 5.91. The summed E-state index contributed by atoms with van der Waals surface area (Å²) in [5, 5.41) is 0. The van der Waals surface area contributed by atoms with E-state index in [0.717, 1.165) is 11.3 Å². The second-order valence-electron chi connectivity index (χ2n) is 3.83. The minimum absolute atomic E-state index is 0.857. The second-order valence-corrected chi connectivity index (χ2v) is 3.83. The van der Waals surface area contributed by atoms with E-state index in [-0.39, 0.29) is 0 Å². The Labute approximate surface area is 90.6 Å². The third-order valence-electron chi connectivity index (χ3n) is 2.81. The highest BCUT2D eigenvalue weighted by atomic mass is 14.6. The standard InChI is InChI=1S/C14H15N/c1-10-6-3-4-7-12(10)13-8-5-9-14(15)11(13)2/h3-9H,15H2,1-2H3. The van der Waals surface area contributed by atoms with Crippen LogP contribution in [0.5, 0.6) is 0 Å². The summed E-state index contributed by atoms with van der Waals surface area (Å²) in [6.45, 7) is 4.19. The van der Waals surface area contributed by atoms with E-state index >= 15 is 0 Å². The van der Waals surface area contributed by atoms with E-state index in [1.807, 2.05) is 12.1 Å². The first kappa shape index (κ1) is 9.78. The second kappa shape index (κ2) is 3.77. The molecule has 0 aromatic heterocycles. The predicted octanol–water partition coefficient (Wildman–Crippen LogP) is 3.55. The Kier molecular flexibility index (Phi) is 2.46. The molecule has 0 fully saturated rings. The first-order valence-electron chi connectivity index (χ1n) is 5.11. The minimum Gasteiger partial charge on any atom is -0.398 e. The molecule has 15 heavy (non-hydrogen) atoms. The van der Waals surface area contributed by atoms with Crippen LogP contribution in [0, 0.1) is 13.8 Å². The van der Waals surface area contributed by atoms with Gasteiger partial charge in [0, 0.05) is 5.69 Å². The molecule has 2 aromatic carbocycles. The largest absolute Gasteiger partial charge is 0.398 e. The molecule has 0 aliphatic rings. The Morgan fingerprint density at radius 3 is 2.20 bits per heavy atom. The molecule has 76 valence electrons. The van der Waals surface area contributed by atoms with Crippen molar-refractivity contribution in [2.24, 2.45) is 0 Å². The van der Waals surface area contributed by atoms with Crippen LogP contribution in [0.2, 0.25) is 0 Å². The zero-order valence-corrected chi connectivity index (χ0v) is 9.12. The lowest BCUT2D eigenvalue weighted by Crippen LogP contribution is -1.92. The molecule has 0 spiro atoms. The Balaban J connectivity index is 2.65. The van der Waals surface area contributed by atoms with Gasteiger partial charge in [-0.2, -0.15) is 0 Å². The monoisotopic (exact) mass is 197 g/mol. The average molecular weight is 197 g/mol. The molecular weight excluding hydrogens is 182 g/mol. The quantitative estimate of drug-likeness (QED) is 0.695. The lowest BCUT2D eigenvalue weighted by molar-refractivity contribution is 1.41. The highest BCUT2D eigenvalue weighted by Crippen LogP contribution is 2.28. The molecule has 0 saturated carbocycles. The topological polar surface area (TPSA) is 26.0 Å². The maximum atomic E-state index is 5.91. The van der Waals surface area contributed by atoms with Gasteiger partial charge in [0.2, 0.25) is 0 Å². The van der Waals surface area contributed by atoms with Gasteiger partial charge in [0.1, 0.15) is 0 Å². The van der Waals surface area contributed by atoms with Crippen LogP contribution in [0.3, 0.4) is 0 Å². The van der Waals surface area contributed by atoms with Crippen molar-refractivity contribution < 1.29 is 0 Å². The highest BCUT2D eigenvalue weighted by Gasteiger charge is 2.05. The van der Waals surface area contributed by atoms with Crippen LogP contribution in [-0.2, 0) is 0 Å². The van der Waals surface area contributed by atoms with E-state index in [9.17, 15) is 0 Å². The number of anilines is 1. The first-order chi connectivity index (χ1) is 7.20. The first-order valence-corrected chi connectivity index (χ1v) is 5.11. The summed E-state index contributed by atoms with van der Waals surface area (Å²) in [6.07, 6.45) is 0. The summed E-state index contributed by atoms with van der Waals surface area (Å²) in [5.41, 5.74) is 11.7. The Hall–Kier alpha value is -1.76. The van der Waals surface area contributed by atoms with Crippen molar-refractivity contribution in [1.82, 2.24) is 0 Å². The third kappa shape index (κ3) is 1.73. The zero-order valence-electron chi connectivity index (χ0n) is 9.12. The molecule has 2 rings (SSSR count). The van der Waals surface area contributed by atoms with Crippen LogP contribution in [0.25, 0.3) is 11.1 Å². The molecule has 1 nitrogen and oxygen atoms in total. The Morgan fingerprint density at radius 1 is 0.800 bits per heavy atom. The van der Waals surface area contributed by atoms with Crippen LogP contribution < -0.4 is 5.73 Å². The number of hydrogen-bond donors (Lipinski definition) is 1. The van der Waals surface area contributed by atoms with Gasteiger partial charge >= 0.3 is 0 Å². The lowest BCUT2D eigenvalue weighted by atomic mass is 9.96. The summed E-state index contributed by atoms with van der Waals surface area (Å²) >= 11 is 0. The molecule has 2 N–H and O–H groups in total. The van der Waals surface area contributed by atoms with Gasteiger partial charge in [-0.3, -0.25) is 0 Å². The fourth-order valence-electron chi connectivity index (χ4n) is 1.82. The van der Waals surface area contributed by atoms with E-state index in [1.54, 1.807) is 0 Å². The SMILES string of the molecule is Cc1ccccc1-c1cccc(N)c1C. The van der Waals surface area contributed by atoms with E-state index < -0.39 is 0 Å². The number of nitrogens with two attached hydrogens (primary N) is 1. The molecule has 2 aromatic rings. The molecule has 1 heteroatoms. The minimum atomic E-state index is 0.857. The molecule has 0 atom stereocenters. The van der Waals surface area contributed by atoms with Gasteiger partial charge < -0.3 is 5.73 Å². The van der Waals surface area contributed by atoms with Crippen LogP contribution >= 0.6 is 0 Å². The third-order valence-corrected chi connectivity index (χ3v) is 2.81. The van der Waals surface area contributed by atoms with Crippen molar-refractivity contribution in [1.29, 1.82) is 0 Å². The van der Waals surface area contributed by atoms with Crippen molar-refractivity contribution in [3.8, 4) is 11.1 Å². The van der Waals surface area contributed by atoms with Gasteiger partial charge in [-0.15, -0.1) is 0 Å². The number of aryl methyl sites for hydroxylation is 1. The molecule has 0 heterocycles. The van der Waals surface area contributed by atoms with Gasteiger partial charge in [-0.05, 0) is 42.2 Å². The van der Waals surface area contributed by atoms with Crippen molar-refractivity contribution in [3.05, 3.63) is 53.6 Å². The normalized spacial score (nSPS) is 10.3. The summed E-state index contributed by atoms with van der Waals surface area (Å²) in [6, 6.07) is 14.4. The smallest absolute Gasteiger partial charge is 0.0349 e. The highest BCUT2D eigenvalue weighted by molar-refractivity contribution is 5.74. The molecule has 0 unspecified atom stereocenters. The number of nitrogen functional groups attached to an aromatic ring is 1. The van der Waals surface area contributed by atoms with Crippen LogP contribution in [-0.4, -0.2) is 0 Å². The van der Waals surface area contributed by atoms with Crippen molar-refractivity contribution >= 4 is 5.69 Å². The summed E-state index contributed by atoms with van der Waals surface area (Å²) in [7, 11) is 0. The predicted molar refractivity (Wildman–Crippen MR) is 65.8 cm³/mol. The van der Waals surface area contributed by atoms with E-state index in [2.05, 4.69) is 44.2 Å². The molecular formula is C14H15N. The molecule has 0 amide bonds. The Bertz CT molecular complexity index is 486. The number of hydrogen-bond acceptors (Lipinski definition) is 1. The van der Waals surface area contributed by atoms with Crippen molar-refractivity contribution in [2.45, 2.75) is 13.8 Å². The fourth-order valence-corrected chi connectivity index (χ4v) is 1.82. The molecule has 0 aliphatic heterocycles. The summed E-state index contributed by atoms with van der Waals surface area (Å²) in [4.78, 5) is 0. The lowest BCUT2D eigenvalue weighted by Gasteiger charge is -2.10. The van der Waals surface area contributed by atoms with E-state index in [4.69, 9.17) is 5.73 Å². The van der Waals surface area contributed by atoms with Gasteiger partial charge in [0.05, 0.1) is 0 Å². The summed E-state index contributed by atoms with van der Waals surface area (Å²) < 4.78 is 0. The fraction of sp³-hybridized carbons (Fsp3) is 0.143. The average Bonchev–Trinajstić information content (AvgIpc) is 2.23. The van der Waals surface area contributed by atoms with Crippen molar-refractivity contribution in [3.63, 3.8) is 0 Å². The number of rotatable bonds is 1. The van der Waals surface area contributed by atoms with Crippen LogP contribution in [0.1, 0.15) is 11.1 Å². The van der Waals surface area contributed by atoms with Crippen molar-refractivity contribution in [2.75, 3.05) is 5.73 Å². The Morgan fingerprint density at radius 2 is 1.47 bits per heavy atom. The summed E-state index contributed by atoms with van der Waals surface area (Å²) in [5.74, 6) is 0. The van der Waals surface area contributed by atoms with Crippen LogP contribution in [0.4, 0.5) is 5.69 Å². The van der Waals surface area contributed by atoms with Gasteiger partial charge in [0.15, 0.2) is 0 Å².